The van der Waals surface area contributed by atoms with Gasteiger partial charge in [0.05, 0.1) is 0 Å². The van der Waals surface area contributed by atoms with Crippen LogP contribution in [0.15, 0.2) is 24.3 Å². The molecule has 62 valence electrons. The molecule has 0 atom stereocenters. The Morgan fingerprint density at radius 2 is 1.92 bits per heavy atom. The van der Waals surface area contributed by atoms with Crippen LogP contribution in [0.5, 0.6) is 0 Å². The van der Waals surface area contributed by atoms with Crippen molar-refractivity contribution < 1.29 is 0 Å². The molecule has 1 N–H and O–H groups in total. The van der Waals surface area contributed by atoms with Crippen LogP contribution in [0, 0.1) is 11.8 Å². The fourth-order valence-electron chi connectivity index (χ4n) is 1.05. The van der Waals surface area contributed by atoms with Crippen molar-refractivity contribution in [3.63, 3.8) is 0 Å². The van der Waals surface area contributed by atoms with E-state index in [1.54, 1.807) is 0 Å². The Kier molecular flexibility index (Phi) is 3.37. The number of hydrogen-bond donors (Lipinski definition) is 1. The van der Waals surface area contributed by atoms with Crippen molar-refractivity contribution in [3.05, 3.63) is 35.4 Å². The maximum absolute atomic E-state index is 3.10. The lowest BCUT2D eigenvalue weighted by Crippen LogP contribution is -2.04. The van der Waals surface area contributed by atoms with Gasteiger partial charge in [0.1, 0.15) is 0 Å². The van der Waals surface area contributed by atoms with E-state index < -0.39 is 0 Å². The lowest BCUT2D eigenvalue weighted by molar-refractivity contribution is 0.818. The summed E-state index contributed by atoms with van der Waals surface area (Å²) in [6, 6.07) is 8.28. The van der Waals surface area contributed by atoms with Gasteiger partial charge in [-0.1, -0.05) is 18.1 Å². The van der Waals surface area contributed by atoms with Crippen molar-refractivity contribution >= 4 is 0 Å². The Morgan fingerprint density at radius 3 is 2.42 bits per heavy atom. The Balaban J connectivity index is 2.76. The zero-order chi connectivity index (χ0) is 8.81. The van der Waals surface area contributed by atoms with Gasteiger partial charge in [-0.2, -0.15) is 0 Å². The summed E-state index contributed by atoms with van der Waals surface area (Å²) in [5.41, 5.74) is 2.37. The maximum atomic E-state index is 3.10. The zero-order valence-corrected chi connectivity index (χ0v) is 7.52. The standard InChI is InChI=1S/C11H13N/c1-3-4-10-5-7-11(8-6-10)9-12-2/h5-8,12H,9H2,1-2H3. The molecule has 0 spiro atoms. The van der Waals surface area contributed by atoms with Crippen molar-refractivity contribution in [1.82, 2.24) is 5.32 Å². The van der Waals surface area contributed by atoms with E-state index in [1.165, 1.54) is 5.56 Å². The van der Waals surface area contributed by atoms with Gasteiger partial charge in [0, 0.05) is 12.1 Å². The van der Waals surface area contributed by atoms with Gasteiger partial charge < -0.3 is 5.32 Å². The predicted molar refractivity (Wildman–Crippen MR) is 51.8 cm³/mol. The Morgan fingerprint density at radius 1 is 1.25 bits per heavy atom. The Labute approximate surface area is 73.8 Å². The summed E-state index contributed by atoms with van der Waals surface area (Å²) in [6.45, 7) is 2.77. The molecule has 1 nitrogen and oxygen atoms in total. The SMILES string of the molecule is CC#Cc1ccc(CNC)cc1. The van der Waals surface area contributed by atoms with Gasteiger partial charge in [0.2, 0.25) is 0 Å². The minimum Gasteiger partial charge on any atom is -0.316 e. The highest BCUT2D eigenvalue weighted by Crippen LogP contribution is 2.02. The van der Waals surface area contributed by atoms with Gasteiger partial charge in [-0.25, -0.2) is 0 Å². The molecule has 0 aliphatic rings. The van der Waals surface area contributed by atoms with E-state index in [1.807, 2.05) is 26.1 Å². The molecular formula is C11H13N. The summed E-state index contributed by atoms with van der Waals surface area (Å²) < 4.78 is 0. The Bertz CT molecular complexity index is 287. The molecule has 0 bridgehead atoms. The second-order valence-corrected chi connectivity index (χ2v) is 2.60. The van der Waals surface area contributed by atoms with Crippen molar-refractivity contribution in [2.75, 3.05) is 7.05 Å². The minimum atomic E-state index is 0.917. The average molecular weight is 159 g/mol. The van der Waals surface area contributed by atoms with Crippen molar-refractivity contribution in [2.45, 2.75) is 13.5 Å². The molecule has 0 heterocycles. The van der Waals surface area contributed by atoms with Gasteiger partial charge in [0.25, 0.3) is 0 Å². The topological polar surface area (TPSA) is 12.0 Å². The second-order valence-electron chi connectivity index (χ2n) is 2.60. The molecule has 0 amide bonds. The summed E-state index contributed by atoms with van der Waals surface area (Å²) in [7, 11) is 1.94. The van der Waals surface area contributed by atoms with Crippen LogP contribution in [0.1, 0.15) is 18.1 Å². The Hall–Kier alpha value is -1.26. The van der Waals surface area contributed by atoms with Gasteiger partial charge in [-0.3, -0.25) is 0 Å². The number of hydrogen-bond acceptors (Lipinski definition) is 1. The third kappa shape index (κ3) is 2.41. The first kappa shape index (κ1) is 8.83. The molecule has 0 unspecified atom stereocenters. The smallest absolute Gasteiger partial charge is 0.0245 e. The number of rotatable bonds is 2. The first-order chi connectivity index (χ1) is 5.86. The monoisotopic (exact) mass is 159 g/mol. The van der Waals surface area contributed by atoms with Gasteiger partial charge in [-0.15, -0.1) is 5.92 Å². The summed E-state index contributed by atoms with van der Waals surface area (Å²) in [5, 5.41) is 3.10. The highest BCUT2D eigenvalue weighted by Gasteiger charge is 1.89. The van der Waals surface area contributed by atoms with E-state index in [2.05, 4.69) is 29.3 Å². The molecule has 12 heavy (non-hydrogen) atoms. The fraction of sp³-hybridized carbons (Fsp3) is 0.273. The maximum Gasteiger partial charge on any atom is 0.0245 e. The second kappa shape index (κ2) is 4.58. The van der Waals surface area contributed by atoms with Crippen LogP contribution in [0.4, 0.5) is 0 Å². The van der Waals surface area contributed by atoms with Crippen LogP contribution in [-0.4, -0.2) is 7.05 Å². The number of nitrogens with one attached hydrogen (secondary N) is 1. The molecule has 0 aliphatic carbocycles. The summed E-state index contributed by atoms with van der Waals surface area (Å²) in [6.07, 6.45) is 0. The highest BCUT2D eigenvalue weighted by atomic mass is 14.8. The van der Waals surface area contributed by atoms with Crippen LogP contribution in [-0.2, 0) is 6.54 Å². The highest BCUT2D eigenvalue weighted by molar-refractivity contribution is 5.35. The first-order valence-electron chi connectivity index (χ1n) is 4.03. The van der Waals surface area contributed by atoms with E-state index in [0.717, 1.165) is 12.1 Å². The third-order valence-electron chi connectivity index (χ3n) is 1.60. The van der Waals surface area contributed by atoms with Crippen LogP contribution in [0.2, 0.25) is 0 Å². The quantitative estimate of drug-likeness (QED) is 0.648. The molecule has 1 heteroatoms. The lowest BCUT2D eigenvalue weighted by Gasteiger charge is -1.98. The van der Waals surface area contributed by atoms with Crippen molar-refractivity contribution in [3.8, 4) is 11.8 Å². The van der Waals surface area contributed by atoms with Gasteiger partial charge >= 0.3 is 0 Å². The van der Waals surface area contributed by atoms with Crippen molar-refractivity contribution in [1.29, 1.82) is 0 Å². The molecule has 0 saturated heterocycles. The zero-order valence-electron chi connectivity index (χ0n) is 7.52. The number of benzene rings is 1. The molecule has 0 aliphatic heterocycles. The molecule has 0 radical (unpaired) electrons. The average Bonchev–Trinajstić information content (AvgIpc) is 2.09. The van der Waals surface area contributed by atoms with E-state index in [9.17, 15) is 0 Å². The van der Waals surface area contributed by atoms with E-state index in [4.69, 9.17) is 0 Å². The molecule has 0 saturated carbocycles. The normalized spacial score (nSPS) is 8.83. The van der Waals surface area contributed by atoms with Crippen molar-refractivity contribution in [2.24, 2.45) is 0 Å². The predicted octanol–water partition coefficient (Wildman–Crippen LogP) is 1.78. The summed E-state index contributed by atoms with van der Waals surface area (Å²) >= 11 is 0. The molecular weight excluding hydrogens is 146 g/mol. The lowest BCUT2D eigenvalue weighted by atomic mass is 10.1. The largest absolute Gasteiger partial charge is 0.316 e. The molecule has 1 rings (SSSR count). The minimum absolute atomic E-state index is 0.917. The summed E-state index contributed by atoms with van der Waals surface area (Å²) in [4.78, 5) is 0. The van der Waals surface area contributed by atoms with Crippen LogP contribution < -0.4 is 5.32 Å². The molecule has 1 aromatic carbocycles. The molecule has 0 fully saturated rings. The molecule has 1 aromatic rings. The van der Waals surface area contributed by atoms with E-state index in [0.29, 0.717) is 0 Å². The summed E-state index contributed by atoms with van der Waals surface area (Å²) in [5.74, 6) is 5.88. The fourth-order valence-corrected chi connectivity index (χ4v) is 1.05. The van der Waals surface area contributed by atoms with Crippen LogP contribution in [0.3, 0.4) is 0 Å². The van der Waals surface area contributed by atoms with Crippen LogP contribution >= 0.6 is 0 Å². The van der Waals surface area contributed by atoms with Crippen LogP contribution in [0.25, 0.3) is 0 Å². The molecule has 0 aromatic heterocycles. The first-order valence-corrected chi connectivity index (χ1v) is 4.03. The van der Waals surface area contributed by atoms with E-state index in [-0.39, 0.29) is 0 Å². The van der Waals surface area contributed by atoms with Gasteiger partial charge in [0.15, 0.2) is 0 Å². The third-order valence-corrected chi connectivity index (χ3v) is 1.60. The van der Waals surface area contributed by atoms with E-state index >= 15 is 0 Å². The van der Waals surface area contributed by atoms with Gasteiger partial charge in [-0.05, 0) is 31.7 Å².